The van der Waals surface area contributed by atoms with Gasteiger partial charge in [-0.05, 0) is 0 Å². The van der Waals surface area contributed by atoms with Crippen LogP contribution in [0, 0.1) is 0 Å². The smallest absolute Gasteiger partial charge is 0.759 e. The van der Waals surface area contributed by atoms with Gasteiger partial charge in [0.2, 0.25) is 0 Å². The van der Waals surface area contributed by atoms with E-state index in [0.29, 0.717) is 0 Å². The minimum absolute atomic E-state index is 0. The summed E-state index contributed by atoms with van der Waals surface area (Å²) < 4.78 is 34.1. The van der Waals surface area contributed by atoms with Gasteiger partial charge in [-0.3, -0.25) is 8.42 Å². The van der Waals surface area contributed by atoms with E-state index in [9.17, 15) is 0 Å². The standard InChI is InChI=1S/Mg.H2O4S.12H2O/c;1-5(2,3)4;;;;;;;;;;;;/h;(H2,1,2,3,4);12*1H2/q+2;;;;;;;;;;;;;/p-2. The Morgan fingerprint density at radius 3 is 0.444 bits per heavy atom. The Balaban J connectivity index is -0.00000000103. The molecular formula is H24MgO16S. The second kappa shape index (κ2) is 118. The van der Waals surface area contributed by atoms with Crippen molar-refractivity contribution >= 4 is 33.5 Å². The fourth-order valence-corrected chi connectivity index (χ4v) is 0. The van der Waals surface area contributed by atoms with Gasteiger partial charge in [0.15, 0.2) is 0 Å². The summed E-state index contributed by atoms with van der Waals surface area (Å²) in [6.45, 7) is 0. The molecule has 0 aliphatic heterocycles. The van der Waals surface area contributed by atoms with Gasteiger partial charge in [-0.2, -0.15) is 0 Å². The molecule has 0 radical (unpaired) electrons. The third-order valence-electron chi connectivity index (χ3n) is 0. The van der Waals surface area contributed by atoms with Crippen LogP contribution in [0.25, 0.3) is 0 Å². The van der Waals surface area contributed by atoms with Gasteiger partial charge in [0.05, 0.1) is 0 Å². The maximum absolute atomic E-state index is 8.52. The summed E-state index contributed by atoms with van der Waals surface area (Å²) >= 11 is 0. The molecule has 0 saturated carbocycles. The molecule has 0 aliphatic rings. The number of rotatable bonds is 0. The van der Waals surface area contributed by atoms with Gasteiger partial charge in [0.1, 0.15) is 0 Å². The SMILES string of the molecule is O.O.O.O.O.O.O.O.O.O.O.O.O=S(=O)([O-])[O-].[Mg+2]. The Kier molecular flexibility index (Phi) is 2030. The fraction of sp³-hybridized carbons (Fsp3) is 0. The van der Waals surface area contributed by atoms with Crippen LogP contribution in [0.5, 0.6) is 0 Å². The molecule has 18 heteroatoms. The van der Waals surface area contributed by atoms with E-state index in [-0.39, 0.29) is 88.8 Å². The van der Waals surface area contributed by atoms with Gasteiger partial charge in [0.25, 0.3) is 0 Å². The van der Waals surface area contributed by atoms with Crippen molar-refractivity contribution < 1.29 is 83.2 Å². The maximum atomic E-state index is 8.52. The largest absolute Gasteiger partial charge is 2.00 e. The van der Waals surface area contributed by atoms with Crippen molar-refractivity contribution in [1.82, 2.24) is 0 Å². The van der Waals surface area contributed by atoms with E-state index in [1.807, 2.05) is 0 Å². The molecule has 0 fully saturated rings. The number of hydrogen-bond acceptors (Lipinski definition) is 4. The molecule has 0 unspecified atom stereocenters. The van der Waals surface area contributed by atoms with Crippen LogP contribution in [0.4, 0.5) is 0 Å². The topological polar surface area (TPSA) is 458 Å². The van der Waals surface area contributed by atoms with Crippen molar-refractivity contribution in [2.75, 3.05) is 0 Å². The predicted octanol–water partition coefficient (Wildman–Crippen LogP) is -11.6. The number of hydrogen-bond donors (Lipinski definition) is 0. The minimum atomic E-state index is -5.17. The first-order valence-corrected chi connectivity index (χ1v) is 2.00. The molecule has 0 heterocycles. The summed E-state index contributed by atoms with van der Waals surface area (Å²) in [5.74, 6) is 0. The van der Waals surface area contributed by atoms with Crippen LogP contribution in [0.3, 0.4) is 0 Å². The minimum Gasteiger partial charge on any atom is -0.759 e. The van der Waals surface area contributed by atoms with Crippen LogP contribution in [0.2, 0.25) is 0 Å². The molecular weight excluding hydrogens is 312 g/mol. The van der Waals surface area contributed by atoms with E-state index in [0.717, 1.165) is 0 Å². The first kappa shape index (κ1) is 309. The zero-order chi connectivity index (χ0) is 4.50. The van der Waals surface area contributed by atoms with E-state index in [1.54, 1.807) is 0 Å². The van der Waals surface area contributed by atoms with Gasteiger partial charge in [-0.15, -0.1) is 0 Å². The van der Waals surface area contributed by atoms with E-state index in [4.69, 9.17) is 17.5 Å². The van der Waals surface area contributed by atoms with Crippen LogP contribution in [-0.2, 0) is 10.4 Å². The van der Waals surface area contributed by atoms with Crippen LogP contribution in [0.15, 0.2) is 0 Å². The molecule has 0 saturated heterocycles. The maximum Gasteiger partial charge on any atom is 2.00 e. The molecule has 0 amide bonds. The summed E-state index contributed by atoms with van der Waals surface area (Å²) in [6, 6.07) is 0. The molecule has 0 bridgehead atoms. The third kappa shape index (κ3) is 152000. The van der Waals surface area contributed by atoms with Crippen molar-refractivity contribution in [3.05, 3.63) is 0 Å². The van der Waals surface area contributed by atoms with Crippen molar-refractivity contribution in [3.8, 4) is 0 Å². The van der Waals surface area contributed by atoms with Gasteiger partial charge in [-0.1, -0.05) is 0 Å². The van der Waals surface area contributed by atoms with Crippen molar-refractivity contribution in [1.29, 1.82) is 0 Å². The molecule has 0 aromatic carbocycles. The molecule has 16 nitrogen and oxygen atoms in total. The second-order valence-corrected chi connectivity index (χ2v) is 1.22. The monoisotopic (exact) mass is 336 g/mol. The molecule has 18 heavy (non-hydrogen) atoms. The van der Waals surface area contributed by atoms with E-state index < -0.39 is 10.4 Å². The third-order valence-corrected chi connectivity index (χ3v) is 0. The van der Waals surface area contributed by atoms with E-state index >= 15 is 0 Å². The zero-order valence-corrected chi connectivity index (χ0v) is 11.0. The Labute approximate surface area is 117 Å². The molecule has 128 valence electrons. The quantitative estimate of drug-likeness (QED) is 0.236. The van der Waals surface area contributed by atoms with Crippen molar-refractivity contribution in [2.24, 2.45) is 0 Å². The summed E-state index contributed by atoms with van der Waals surface area (Å²) in [5, 5.41) is 0. The Bertz CT molecular complexity index is 94.3. The Hall–Kier alpha value is 0.156. The van der Waals surface area contributed by atoms with E-state index in [1.165, 1.54) is 0 Å². The molecule has 0 rings (SSSR count). The summed E-state index contributed by atoms with van der Waals surface area (Å²) in [5.41, 5.74) is 0. The summed E-state index contributed by atoms with van der Waals surface area (Å²) in [7, 11) is -5.17. The van der Waals surface area contributed by atoms with Crippen LogP contribution in [-0.4, -0.2) is 106 Å². The van der Waals surface area contributed by atoms with Gasteiger partial charge in [0, 0.05) is 10.4 Å². The molecule has 0 aromatic rings. The molecule has 24 N–H and O–H groups in total. The Morgan fingerprint density at radius 2 is 0.444 bits per heavy atom. The Morgan fingerprint density at radius 1 is 0.444 bits per heavy atom. The summed E-state index contributed by atoms with van der Waals surface area (Å²) in [4.78, 5) is 0. The molecule has 0 spiro atoms. The van der Waals surface area contributed by atoms with Gasteiger partial charge < -0.3 is 74.8 Å². The van der Waals surface area contributed by atoms with Crippen LogP contribution >= 0.6 is 0 Å². The fourth-order valence-electron chi connectivity index (χ4n) is 0. The normalized spacial score (nSPS) is 3.22. The van der Waals surface area contributed by atoms with E-state index in [2.05, 4.69) is 0 Å². The average Bonchev–Trinajstić information content (AvgIpc) is 0.722. The zero-order valence-electron chi connectivity index (χ0n) is 8.75. The molecule has 0 aromatic heterocycles. The molecule has 0 atom stereocenters. The van der Waals surface area contributed by atoms with Gasteiger partial charge in [-0.25, -0.2) is 0 Å². The molecule has 0 aliphatic carbocycles. The van der Waals surface area contributed by atoms with Crippen molar-refractivity contribution in [2.45, 2.75) is 0 Å². The van der Waals surface area contributed by atoms with Gasteiger partial charge >= 0.3 is 23.1 Å². The van der Waals surface area contributed by atoms with Crippen LogP contribution in [0.1, 0.15) is 0 Å². The first-order valence-electron chi connectivity index (χ1n) is 0.667. The second-order valence-electron chi connectivity index (χ2n) is 0.408. The average molecular weight is 337 g/mol. The summed E-state index contributed by atoms with van der Waals surface area (Å²) in [6.07, 6.45) is 0. The predicted molar refractivity (Wildman–Crippen MR) is 59.6 cm³/mol. The van der Waals surface area contributed by atoms with Crippen molar-refractivity contribution in [3.63, 3.8) is 0 Å². The first-order chi connectivity index (χ1) is 2.00. The van der Waals surface area contributed by atoms with Crippen LogP contribution < -0.4 is 0 Å².